The molecular weight excluding hydrogens is 556 g/mol. The van der Waals surface area contributed by atoms with Crippen LogP contribution in [0.1, 0.15) is 60.7 Å². The number of aliphatic hydroxyl groups is 2. The Morgan fingerprint density at radius 2 is 1.68 bits per heavy atom. The SMILES string of the molecule is CC1c2c(CS(C)(=O)=O)cc(C(C)(C)C)c(O)c2C(=O)C2C(=O)C3(O)C(=O)C(C(N)=O)C(=O)C(N(C)C)C3C(O)C21. The van der Waals surface area contributed by atoms with Gasteiger partial charge in [-0.05, 0) is 36.6 Å². The average molecular weight is 593 g/mol. The summed E-state index contributed by atoms with van der Waals surface area (Å²) in [6.07, 6.45) is -0.796. The van der Waals surface area contributed by atoms with Crippen LogP contribution < -0.4 is 5.73 Å². The summed E-state index contributed by atoms with van der Waals surface area (Å²) in [5.74, 6) is -15.1. The molecule has 41 heavy (non-hydrogen) atoms. The second-order valence-corrected chi connectivity index (χ2v) is 15.0. The largest absolute Gasteiger partial charge is 0.507 e. The molecular formula is C28H36N2O10S. The Balaban J connectivity index is 2.04. The van der Waals surface area contributed by atoms with Gasteiger partial charge in [-0.25, -0.2) is 8.42 Å². The van der Waals surface area contributed by atoms with Gasteiger partial charge in [0.15, 0.2) is 44.5 Å². The normalized spacial score (nSPS) is 33.9. The van der Waals surface area contributed by atoms with Crippen molar-refractivity contribution in [1.82, 2.24) is 4.90 Å². The van der Waals surface area contributed by atoms with Crippen LogP contribution in [0.5, 0.6) is 5.75 Å². The molecule has 4 rings (SSSR count). The highest BCUT2D eigenvalue weighted by atomic mass is 32.2. The number of phenols is 1. The zero-order valence-corrected chi connectivity index (χ0v) is 24.8. The summed E-state index contributed by atoms with van der Waals surface area (Å²) < 4.78 is 24.8. The van der Waals surface area contributed by atoms with Crippen molar-refractivity contribution in [3.63, 3.8) is 0 Å². The first-order chi connectivity index (χ1) is 18.6. The number of aromatic hydroxyl groups is 1. The number of Topliss-reactive ketones (excluding diaryl/α,β-unsaturated/α-hetero) is 4. The third kappa shape index (κ3) is 4.36. The van der Waals surface area contributed by atoms with E-state index in [1.54, 1.807) is 27.7 Å². The number of amides is 1. The summed E-state index contributed by atoms with van der Waals surface area (Å²) in [4.78, 5) is 68.5. The molecule has 224 valence electrons. The number of nitrogens with zero attached hydrogens (tertiary/aromatic N) is 1. The van der Waals surface area contributed by atoms with Gasteiger partial charge in [0, 0.05) is 17.7 Å². The van der Waals surface area contributed by atoms with Gasteiger partial charge in [0.25, 0.3) is 0 Å². The number of ketones is 4. The van der Waals surface area contributed by atoms with Crippen molar-refractivity contribution in [1.29, 1.82) is 0 Å². The average Bonchev–Trinajstić information content (AvgIpc) is 2.80. The summed E-state index contributed by atoms with van der Waals surface area (Å²) >= 11 is 0. The topological polar surface area (TPSA) is 209 Å². The van der Waals surface area contributed by atoms with Crippen molar-refractivity contribution in [3.8, 4) is 5.75 Å². The number of aliphatic hydroxyl groups excluding tert-OH is 1. The number of carbonyl (C=O) groups excluding carboxylic acids is 5. The predicted octanol–water partition coefficient (Wildman–Crippen LogP) is -0.759. The number of sulfone groups is 1. The number of phenolic OH excluding ortho intramolecular Hbond substituents is 1. The number of carbonyl (C=O) groups is 5. The van der Waals surface area contributed by atoms with Crippen LogP contribution in [0, 0.1) is 23.7 Å². The van der Waals surface area contributed by atoms with Gasteiger partial charge >= 0.3 is 0 Å². The number of primary amides is 1. The van der Waals surface area contributed by atoms with Gasteiger partial charge in [-0.15, -0.1) is 0 Å². The minimum atomic E-state index is -3.66. The number of hydrogen-bond donors (Lipinski definition) is 4. The standard InChI is InChI=1S/C28H36N2O10S/c1-10-13-11(9-41(7,39)40)8-12(27(2,3)4)20(31)15(13)21(32)16-14(10)22(33)18-19(30(5)6)23(34)17(26(29)37)25(36)28(18,38)24(16)35/h8,10,14,16-19,22,31,33,38H,9H2,1-7H3,(H2,29,37). The summed E-state index contributed by atoms with van der Waals surface area (Å²) in [7, 11) is -0.852. The van der Waals surface area contributed by atoms with E-state index in [1.165, 1.54) is 25.1 Å². The first-order valence-electron chi connectivity index (χ1n) is 13.2. The Hall–Kier alpha value is -3.00. The van der Waals surface area contributed by atoms with Crippen LogP contribution in [0.2, 0.25) is 0 Å². The Morgan fingerprint density at radius 3 is 2.15 bits per heavy atom. The van der Waals surface area contributed by atoms with Crippen molar-refractivity contribution in [2.24, 2.45) is 29.4 Å². The second-order valence-electron chi connectivity index (χ2n) is 12.9. The number of benzene rings is 1. The van der Waals surface area contributed by atoms with Crippen molar-refractivity contribution < 1.29 is 47.7 Å². The maximum atomic E-state index is 14.2. The summed E-state index contributed by atoms with van der Waals surface area (Å²) in [5.41, 5.74) is 1.72. The summed E-state index contributed by atoms with van der Waals surface area (Å²) in [6, 6.07) is 0.00595. The van der Waals surface area contributed by atoms with E-state index in [1.807, 2.05) is 0 Å². The Labute approximate surface area is 237 Å². The molecule has 3 aliphatic carbocycles. The van der Waals surface area contributed by atoms with E-state index < -0.39 is 103 Å². The van der Waals surface area contributed by atoms with Crippen LogP contribution in [0.25, 0.3) is 0 Å². The van der Waals surface area contributed by atoms with E-state index in [0.717, 1.165) is 6.26 Å². The summed E-state index contributed by atoms with van der Waals surface area (Å²) in [6.45, 7) is 6.77. The number of fused-ring (bicyclic) bond motifs is 3. The lowest BCUT2D eigenvalue weighted by Gasteiger charge is -2.56. The van der Waals surface area contributed by atoms with Crippen molar-refractivity contribution >= 4 is 38.9 Å². The van der Waals surface area contributed by atoms with Gasteiger partial charge in [0.05, 0.1) is 35.3 Å². The first-order valence-corrected chi connectivity index (χ1v) is 15.2. The summed E-state index contributed by atoms with van der Waals surface area (Å²) in [5, 5.41) is 34.9. The van der Waals surface area contributed by atoms with E-state index in [4.69, 9.17) is 5.73 Å². The van der Waals surface area contributed by atoms with Crippen molar-refractivity contribution in [3.05, 3.63) is 28.3 Å². The van der Waals surface area contributed by atoms with E-state index in [0.29, 0.717) is 0 Å². The molecule has 0 aromatic heterocycles. The Morgan fingerprint density at radius 1 is 1.12 bits per heavy atom. The molecule has 1 aromatic carbocycles. The molecule has 8 unspecified atom stereocenters. The lowest BCUT2D eigenvalue weighted by atomic mass is 9.49. The fourth-order valence-electron chi connectivity index (χ4n) is 7.22. The third-order valence-corrected chi connectivity index (χ3v) is 9.73. The zero-order chi connectivity index (χ0) is 31.3. The van der Waals surface area contributed by atoms with Gasteiger partial charge in [-0.1, -0.05) is 33.8 Å². The quantitative estimate of drug-likeness (QED) is 0.319. The molecule has 0 spiro atoms. The van der Waals surface area contributed by atoms with Gasteiger partial charge in [-0.3, -0.25) is 28.9 Å². The van der Waals surface area contributed by atoms with E-state index in [-0.39, 0.29) is 22.3 Å². The highest BCUT2D eigenvalue weighted by Crippen LogP contribution is 2.56. The molecule has 3 aliphatic rings. The van der Waals surface area contributed by atoms with Crippen LogP contribution in [0.15, 0.2) is 6.07 Å². The molecule has 2 saturated carbocycles. The van der Waals surface area contributed by atoms with Crippen LogP contribution in [0.3, 0.4) is 0 Å². The molecule has 0 heterocycles. The molecule has 0 radical (unpaired) electrons. The molecule has 1 aromatic rings. The third-order valence-electron chi connectivity index (χ3n) is 8.90. The first kappa shape index (κ1) is 30.9. The van der Waals surface area contributed by atoms with Crippen LogP contribution in [-0.2, 0) is 40.2 Å². The van der Waals surface area contributed by atoms with Crippen molar-refractivity contribution in [2.45, 2.75) is 62.5 Å². The van der Waals surface area contributed by atoms with Gasteiger partial charge in [0.2, 0.25) is 5.91 Å². The van der Waals surface area contributed by atoms with Crippen LogP contribution in [-0.4, -0.2) is 95.8 Å². The Kier molecular flexibility index (Phi) is 7.18. The molecule has 2 fully saturated rings. The molecule has 0 bridgehead atoms. The highest BCUT2D eigenvalue weighted by Gasteiger charge is 2.73. The lowest BCUT2D eigenvalue weighted by molar-refractivity contribution is -0.196. The molecule has 0 saturated heterocycles. The van der Waals surface area contributed by atoms with E-state index >= 15 is 0 Å². The molecule has 1 amide bonds. The highest BCUT2D eigenvalue weighted by molar-refractivity contribution is 7.89. The van der Waals surface area contributed by atoms with Gasteiger partial charge in [0.1, 0.15) is 5.75 Å². The number of hydrogen-bond acceptors (Lipinski definition) is 11. The van der Waals surface area contributed by atoms with Crippen molar-refractivity contribution in [2.75, 3.05) is 20.4 Å². The monoisotopic (exact) mass is 592 g/mol. The van der Waals surface area contributed by atoms with Gasteiger partial charge < -0.3 is 21.1 Å². The molecule has 8 atom stereocenters. The fraction of sp³-hybridized carbons (Fsp3) is 0.607. The maximum absolute atomic E-state index is 14.2. The molecule has 12 nitrogen and oxygen atoms in total. The smallest absolute Gasteiger partial charge is 0.235 e. The number of likely N-dealkylation sites (N-methyl/N-ethyl adjacent to an activating group) is 1. The van der Waals surface area contributed by atoms with Crippen LogP contribution in [0.4, 0.5) is 0 Å². The Bertz CT molecular complexity index is 1510. The predicted molar refractivity (Wildman–Crippen MR) is 145 cm³/mol. The zero-order valence-electron chi connectivity index (χ0n) is 24.0. The number of nitrogens with two attached hydrogens (primary N) is 1. The minimum Gasteiger partial charge on any atom is -0.507 e. The molecule has 13 heteroatoms. The second kappa shape index (κ2) is 9.51. The number of rotatable bonds is 4. The lowest BCUT2D eigenvalue weighted by Crippen LogP contribution is -2.77. The van der Waals surface area contributed by atoms with E-state index in [9.17, 15) is 47.7 Å². The van der Waals surface area contributed by atoms with Crippen LogP contribution >= 0.6 is 0 Å². The van der Waals surface area contributed by atoms with E-state index in [2.05, 4.69) is 0 Å². The minimum absolute atomic E-state index is 0.134. The maximum Gasteiger partial charge on any atom is 0.235 e. The molecule has 0 aliphatic heterocycles. The fourth-order valence-corrected chi connectivity index (χ4v) is 8.02. The van der Waals surface area contributed by atoms with Gasteiger partial charge in [-0.2, -0.15) is 0 Å². The molecule has 5 N–H and O–H groups in total.